The topological polar surface area (TPSA) is 39.9 Å². The first-order chi connectivity index (χ1) is 9.81. The first-order valence-corrected chi connectivity index (χ1v) is 6.92. The van der Waals surface area contributed by atoms with Gasteiger partial charge in [0.05, 0.1) is 23.8 Å². The van der Waals surface area contributed by atoms with Gasteiger partial charge in [-0.2, -0.15) is 5.26 Å². The van der Waals surface area contributed by atoms with Gasteiger partial charge in [-0.25, -0.2) is 4.98 Å². The van der Waals surface area contributed by atoms with Crippen LogP contribution >= 0.6 is 0 Å². The summed E-state index contributed by atoms with van der Waals surface area (Å²) < 4.78 is 12.9. The number of alkyl halides is 1. The standard InChI is InChI=1S/C16H16FN3/c17-9-12-4-3-7-20(11-12)16-8-13(10-18)14-5-1-2-6-15(14)19-16/h1-2,5-6,8,12H,3-4,7,9,11H2. The second-order valence-electron chi connectivity index (χ2n) is 5.27. The minimum atomic E-state index is -0.283. The van der Waals surface area contributed by atoms with Crippen LogP contribution in [-0.4, -0.2) is 24.7 Å². The van der Waals surface area contributed by atoms with Crippen molar-refractivity contribution < 1.29 is 4.39 Å². The van der Waals surface area contributed by atoms with E-state index in [0.29, 0.717) is 12.1 Å². The number of anilines is 1. The Kier molecular flexibility index (Phi) is 3.51. The molecular weight excluding hydrogens is 253 g/mol. The molecule has 0 saturated carbocycles. The zero-order valence-electron chi connectivity index (χ0n) is 11.2. The smallest absolute Gasteiger partial charge is 0.130 e. The van der Waals surface area contributed by atoms with E-state index in [-0.39, 0.29) is 12.6 Å². The first kappa shape index (κ1) is 12.9. The van der Waals surface area contributed by atoms with Crippen LogP contribution in [0.3, 0.4) is 0 Å². The summed E-state index contributed by atoms with van der Waals surface area (Å²) in [4.78, 5) is 6.73. The van der Waals surface area contributed by atoms with Crippen LogP contribution in [0.5, 0.6) is 0 Å². The number of hydrogen-bond donors (Lipinski definition) is 0. The molecule has 102 valence electrons. The van der Waals surface area contributed by atoms with Gasteiger partial charge in [0, 0.05) is 24.4 Å². The molecule has 1 aliphatic rings. The molecule has 1 aliphatic heterocycles. The predicted molar refractivity (Wildman–Crippen MR) is 77.4 cm³/mol. The molecule has 0 bridgehead atoms. The van der Waals surface area contributed by atoms with Crippen molar-refractivity contribution in [1.82, 2.24) is 4.98 Å². The fourth-order valence-electron chi connectivity index (χ4n) is 2.82. The third-order valence-electron chi connectivity index (χ3n) is 3.88. The summed E-state index contributed by atoms with van der Waals surface area (Å²) in [6, 6.07) is 11.7. The van der Waals surface area contributed by atoms with Crippen LogP contribution in [0.25, 0.3) is 10.9 Å². The molecular formula is C16H16FN3. The van der Waals surface area contributed by atoms with Crippen molar-refractivity contribution in [3.63, 3.8) is 0 Å². The maximum absolute atomic E-state index is 12.9. The molecule has 0 N–H and O–H groups in total. The average Bonchev–Trinajstić information content (AvgIpc) is 2.53. The highest BCUT2D eigenvalue weighted by atomic mass is 19.1. The fraction of sp³-hybridized carbons (Fsp3) is 0.375. The minimum absolute atomic E-state index is 0.0857. The molecule has 2 heterocycles. The number of rotatable bonds is 2. The highest BCUT2D eigenvalue weighted by Gasteiger charge is 2.21. The molecule has 1 atom stereocenters. The number of benzene rings is 1. The van der Waals surface area contributed by atoms with Gasteiger partial charge in [0.25, 0.3) is 0 Å². The van der Waals surface area contributed by atoms with Gasteiger partial charge in [-0.3, -0.25) is 4.39 Å². The van der Waals surface area contributed by atoms with Crippen molar-refractivity contribution in [1.29, 1.82) is 5.26 Å². The molecule has 1 fully saturated rings. The molecule has 1 aromatic carbocycles. The Morgan fingerprint density at radius 1 is 1.40 bits per heavy atom. The highest BCUT2D eigenvalue weighted by Crippen LogP contribution is 2.26. The van der Waals surface area contributed by atoms with Crippen molar-refractivity contribution in [3.05, 3.63) is 35.9 Å². The number of aromatic nitrogens is 1. The van der Waals surface area contributed by atoms with Crippen molar-refractivity contribution >= 4 is 16.7 Å². The summed E-state index contributed by atoms with van der Waals surface area (Å²) in [5.74, 6) is 0.876. The molecule has 0 spiro atoms. The molecule has 1 aromatic heterocycles. The zero-order chi connectivity index (χ0) is 13.9. The number of halogens is 1. The fourth-order valence-corrected chi connectivity index (χ4v) is 2.82. The highest BCUT2D eigenvalue weighted by molar-refractivity contribution is 5.86. The van der Waals surface area contributed by atoms with E-state index < -0.39 is 0 Å². The van der Waals surface area contributed by atoms with Crippen LogP contribution < -0.4 is 4.90 Å². The first-order valence-electron chi connectivity index (χ1n) is 6.92. The van der Waals surface area contributed by atoms with E-state index in [1.807, 2.05) is 30.3 Å². The Morgan fingerprint density at radius 2 is 2.25 bits per heavy atom. The summed E-state index contributed by atoms with van der Waals surface area (Å²) in [5, 5.41) is 10.2. The monoisotopic (exact) mass is 269 g/mol. The van der Waals surface area contributed by atoms with E-state index in [1.165, 1.54) is 0 Å². The van der Waals surface area contributed by atoms with E-state index in [0.717, 1.165) is 36.1 Å². The van der Waals surface area contributed by atoms with Crippen LogP contribution in [0.4, 0.5) is 10.2 Å². The number of piperidine rings is 1. The van der Waals surface area contributed by atoms with Crippen molar-refractivity contribution in [2.45, 2.75) is 12.8 Å². The molecule has 0 amide bonds. The summed E-state index contributed by atoms with van der Waals surface area (Å²) in [5.41, 5.74) is 1.46. The Balaban J connectivity index is 2.01. The van der Waals surface area contributed by atoms with Crippen LogP contribution in [0.15, 0.2) is 30.3 Å². The molecule has 1 unspecified atom stereocenters. The number of pyridine rings is 1. The SMILES string of the molecule is N#Cc1cc(N2CCCC(CF)C2)nc2ccccc12. The van der Waals surface area contributed by atoms with Crippen molar-refractivity contribution in [2.24, 2.45) is 5.92 Å². The molecule has 1 saturated heterocycles. The van der Waals surface area contributed by atoms with E-state index in [1.54, 1.807) is 0 Å². The lowest BCUT2D eigenvalue weighted by atomic mass is 9.99. The maximum Gasteiger partial charge on any atom is 0.130 e. The third kappa shape index (κ3) is 2.32. The molecule has 0 aliphatic carbocycles. The van der Waals surface area contributed by atoms with Crippen LogP contribution in [-0.2, 0) is 0 Å². The Labute approximate surface area is 117 Å². The van der Waals surface area contributed by atoms with Gasteiger partial charge in [-0.1, -0.05) is 18.2 Å². The Bertz CT molecular complexity index is 662. The van der Waals surface area contributed by atoms with Gasteiger partial charge in [-0.05, 0) is 25.0 Å². The predicted octanol–water partition coefficient (Wildman–Crippen LogP) is 3.29. The van der Waals surface area contributed by atoms with Gasteiger partial charge >= 0.3 is 0 Å². The molecule has 3 rings (SSSR count). The van der Waals surface area contributed by atoms with E-state index >= 15 is 0 Å². The van der Waals surface area contributed by atoms with Gasteiger partial charge in [0.1, 0.15) is 5.82 Å². The van der Waals surface area contributed by atoms with E-state index in [2.05, 4.69) is 16.0 Å². The lowest BCUT2D eigenvalue weighted by molar-refractivity contribution is 0.315. The summed E-state index contributed by atoms with van der Waals surface area (Å²) in [6.07, 6.45) is 1.91. The maximum atomic E-state index is 12.9. The molecule has 20 heavy (non-hydrogen) atoms. The van der Waals surface area contributed by atoms with Crippen LogP contribution in [0.1, 0.15) is 18.4 Å². The van der Waals surface area contributed by atoms with Gasteiger partial charge in [0.15, 0.2) is 0 Å². The summed E-state index contributed by atoms with van der Waals surface area (Å²) >= 11 is 0. The van der Waals surface area contributed by atoms with Gasteiger partial charge in [-0.15, -0.1) is 0 Å². The van der Waals surface area contributed by atoms with E-state index in [4.69, 9.17) is 0 Å². The minimum Gasteiger partial charge on any atom is -0.356 e. The quantitative estimate of drug-likeness (QED) is 0.840. The third-order valence-corrected chi connectivity index (χ3v) is 3.88. The number of para-hydroxylation sites is 1. The lowest BCUT2D eigenvalue weighted by Gasteiger charge is -2.32. The van der Waals surface area contributed by atoms with Gasteiger partial charge < -0.3 is 4.90 Å². The Hall–Kier alpha value is -2.15. The molecule has 3 nitrogen and oxygen atoms in total. The second kappa shape index (κ2) is 5.46. The summed E-state index contributed by atoms with van der Waals surface area (Å²) in [6.45, 7) is 1.29. The average molecular weight is 269 g/mol. The van der Waals surface area contributed by atoms with Crippen LogP contribution in [0.2, 0.25) is 0 Å². The molecule has 2 aromatic rings. The second-order valence-corrected chi connectivity index (χ2v) is 5.27. The Morgan fingerprint density at radius 3 is 3.05 bits per heavy atom. The van der Waals surface area contributed by atoms with Crippen molar-refractivity contribution in [3.8, 4) is 6.07 Å². The van der Waals surface area contributed by atoms with Crippen molar-refractivity contribution in [2.75, 3.05) is 24.7 Å². The van der Waals surface area contributed by atoms with Crippen LogP contribution in [0, 0.1) is 17.2 Å². The normalized spacial score (nSPS) is 19.0. The summed E-state index contributed by atoms with van der Waals surface area (Å²) in [7, 11) is 0. The molecule has 0 radical (unpaired) electrons. The number of nitriles is 1. The lowest BCUT2D eigenvalue weighted by Crippen LogP contribution is -2.36. The number of fused-ring (bicyclic) bond motifs is 1. The van der Waals surface area contributed by atoms with Gasteiger partial charge in [0.2, 0.25) is 0 Å². The number of hydrogen-bond acceptors (Lipinski definition) is 3. The largest absolute Gasteiger partial charge is 0.356 e. The molecule has 4 heteroatoms. The zero-order valence-corrected chi connectivity index (χ0v) is 11.2. The number of nitrogens with zero attached hydrogens (tertiary/aromatic N) is 3. The van der Waals surface area contributed by atoms with E-state index in [9.17, 15) is 9.65 Å².